The van der Waals surface area contributed by atoms with E-state index in [2.05, 4.69) is 10.4 Å². The fraction of sp³-hybridized carbons (Fsp3) is 0.636. The number of hydrogen-bond donors (Lipinski definition) is 2. The van der Waals surface area contributed by atoms with Crippen LogP contribution in [0.5, 0.6) is 0 Å². The molecule has 5 nitrogen and oxygen atoms in total. The molecule has 1 aromatic heterocycles. The van der Waals surface area contributed by atoms with E-state index in [4.69, 9.17) is 11.6 Å². The normalized spacial score (nSPS) is 14.6. The highest BCUT2D eigenvalue weighted by Crippen LogP contribution is 2.16. The summed E-state index contributed by atoms with van der Waals surface area (Å²) in [6.45, 7) is 6.36. The summed E-state index contributed by atoms with van der Waals surface area (Å²) >= 11 is 5.89. The minimum Gasteiger partial charge on any atom is -0.480 e. The molecule has 1 rings (SSSR count). The number of carboxylic acid groups (broad SMARTS) is 1. The van der Waals surface area contributed by atoms with E-state index < -0.39 is 11.5 Å². The zero-order valence-corrected chi connectivity index (χ0v) is 11.1. The van der Waals surface area contributed by atoms with Gasteiger partial charge in [-0.25, -0.2) is 0 Å². The summed E-state index contributed by atoms with van der Waals surface area (Å²) in [4.78, 5) is 11.3. The van der Waals surface area contributed by atoms with Gasteiger partial charge in [-0.1, -0.05) is 18.5 Å². The van der Waals surface area contributed by atoms with Gasteiger partial charge in [0.1, 0.15) is 5.54 Å². The number of carboxylic acids is 1. The number of nitrogens with zero attached hydrogens (tertiary/aromatic N) is 2. The first-order valence-corrected chi connectivity index (χ1v) is 5.95. The lowest BCUT2D eigenvalue weighted by Gasteiger charge is -2.26. The van der Waals surface area contributed by atoms with E-state index in [0.29, 0.717) is 11.6 Å². The summed E-state index contributed by atoms with van der Waals surface area (Å²) in [5.41, 5.74) is -0.256. The maximum atomic E-state index is 11.3. The van der Waals surface area contributed by atoms with Gasteiger partial charge in [0.25, 0.3) is 0 Å². The van der Waals surface area contributed by atoms with Gasteiger partial charge in [0.2, 0.25) is 0 Å². The third-order valence-electron chi connectivity index (χ3n) is 2.75. The largest absolute Gasteiger partial charge is 0.480 e. The fourth-order valence-corrected chi connectivity index (χ4v) is 1.62. The van der Waals surface area contributed by atoms with Gasteiger partial charge < -0.3 is 10.4 Å². The van der Waals surface area contributed by atoms with Gasteiger partial charge in [-0.2, -0.15) is 5.10 Å². The van der Waals surface area contributed by atoms with Crippen LogP contribution in [0.3, 0.4) is 0 Å². The molecule has 0 aliphatic heterocycles. The highest BCUT2D eigenvalue weighted by molar-refractivity contribution is 6.31. The number of aromatic nitrogens is 2. The van der Waals surface area contributed by atoms with Crippen LogP contribution in [0.1, 0.15) is 26.0 Å². The van der Waals surface area contributed by atoms with Crippen molar-refractivity contribution in [2.45, 2.75) is 39.3 Å². The zero-order chi connectivity index (χ0) is 13.1. The van der Waals surface area contributed by atoms with Crippen LogP contribution in [0.4, 0.5) is 0 Å². The fourth-order valence-electron chi connectivity index (χ4n) is 1.48. The summed E-state index contributed by atoms with van der Waals surface area (Å²) in [5.74, 6) is -0.892. The third-order valence-corrected chi connectivity index (χ3v) is 3.12. The molecule has 0 aliphatic carbocycles. The van der Waals surface area contributed by atoms with E-state index >= 15 is 0 Å². The van der Waals surface area contributed by atoms with Crippen LogP contribution >= 0.6 is 11.6 Å². The van der Waals surface area contributed by atoms with E-state index in [1.165, 1.54) is 6.20 Å². The molecule has 0 saturated carbocycles. The van der Waals surface area contributed by atoms with Crippen molar-refractivity contribution in [2.75, 3.05) is 6.54 Å². The molecule has 0 saturated heterocycles. The Morgan fingerprint density at radius 1 is 1.71 bits per heavy atom. The Balaban J connectivity index is 2.87. The predicted octanol–water partition coefficient (Wildman–Crippen LogP) is 1.69. The first-order chi connectivity index (χ1) is 7.90. The molecule has 0 aromatic carbocycles. The van der Waals surface area contributed by atoms with Crippen molar-refractivity contribution in [1.82, 2.24) is 15.1 Å². The Hall–Kier alpha value is -1.07. The number of hydrogen-bond acceptors (Lipinski definition) is 3. The van der Waals surface area contributed by atoms with Crippen molar-refractivity contribution < 1.29 is 9.90 Å². The molecule has 96 valence electrons. The lowest BCUT2D eigenvalue weighted by Crippen LogP contribution is -2.53. The summed E-state index contributed by atoms with van der Waals surface area (Å²) in [5, 5.41) is 16.9. The molecular formula is C11H18ClN3O2. The zero-order valence-electron chi connectivity index (χ0n) is 10.3. The standard InChI is InChI=1S/C11H18ClN3O2/c1-4-5-13-11(3,10(16)17)7-15-8(2)9(12)6-14-15/h6,13H,4-5,7H2,1-3H3,(H,16,17). The maximum absolute atomic E-state index is 11.3. The number of carbonyl (C=O) groups is 1. The van der Waals surface area contributed by atoms with Crippen molar-refractivity contribution in [3.8, 4) is 0 Å². The second-order valence-electron chi connectivity index (χ2n) is 4.30. The number of aliphatic carboxylic acids is 1. The molecule has 0 fully saturated rings. The molecule has 2 N–H and O–H groups in total. The first kappa shape index (κ1) is 14.0. The van der Waals surface area contributed by atoms with Gasteiger partial charge in [0.05, 0.1) is 23.5 Å². The van der Waals surface area contributed by atoms with Crippen molar-refractivity contribution >= 4 is 17.6 Å². The molecule has 0 amide bonds. The van der Waals surface area contributed by atoms with Gasteiger partial charge in [-0.3, -0.25) is 9.48 Å². The molecule has 1 heterocycles. The van der Waals surface area contributed by atoms with Crippen LogP contribution in [0.15, 0.2) is 6.20 Å². The Morgan fingerprint density at radius 3 is 2.76 bits per heavy atom. The highest BCUT2D eigenvalue weighted by atomic mass is 35.5. The molecule has 17 heavy (non-hydrogen) atoms. The van der Waals surface area contributed by atoms with Crippen LogP contribution in [-0.4, -0.2) is 32.9 Å². The van der Waals surface area contributed by atoms with Crippen molar-refractivity contribution in [2.24, 2.45) is 0 Å². The monoisotopic (exact) mass is 259 g/mol. The Kier molecular flexibility index (Phi) is 4.54. The average Bonchev–Trinajstić information content (AvgIpc) is 2.58. The van der Waals surface area contributed by atoms with Gasteiger partial charge in [-0.05, 0) is 26.8 Å². The van der Waals surface area contributed by atoms with Crippen LogP contribution in [0.2, 0.25) is 5.02 Å². The second-order valence-corrected chi connectivity index (χ2v) is 4.71. The Morgan fingerprint density at radius 2 is 2.35 bits per heavy atom. The first-order valence-electron chi connectivity index (χ1n) is 5.57. The molecule has 1 aromatic rings. The van der Waals surface area contributed by atoms with Gasteiger partial charge in [0, 0.05) is 0 Å². The molecule has 0 aliphatic rings. The van der Waals surface area contributed by atoms with Crippen LogP contribution in [0.25, 0.3) is 0 Å². The number of rotatable bonds is 6. The summed E-state index contributed by atoms with van der Waals surface area (Å²) < 4.78 is 1.61. The Bertz CT molecular complexity index is 405. The molecule has 0 spiro atoms. The molecule has 0 radical (unpaired) electrons. The summed E-state index contributed by atoms with van der Waals surface area (Å²) in [6, 6.07) is 0. The van der Waals surface area contributed by atoms with Crippen molar-refractivity contribution in [1.29, 1.82) is 0 Å². The summed E-state index contributed by atoms with van der Waals surface area (Å²) in [6.07, 6.45) is 2.40. The van der Waals surface area contributed by atoms with Crippen molar-refractivity contribution in [3.05, 3.63) is 16.9 Å². The smallest absolute Gasteiger partial charge is 0.325 e. The lowest BCUT2D eigenvalue weighted by molar-refractivity contribution is -0.144. The maximum Gasteiger partial charge on any atom is 0.325 e. The van der Waals surface area contributed by atoms with E-state index in [9.17, 15) is 9.90 Å². The minimum absolute atomic E-state index is 0.251. The van der Waals surface area contributed by atoms with E-state index in [-0.39, 0.29) is 6.54 Å². The third kappa shape index (κ3) is 3.20. The summed E-state index contributed by atoms with van der Waals surface area (Å²) in [7, 11) is 0. The van der Waals surface area contributed by atoms with Gasteiger partial charge in [0.15, 0.2) is 0 Å². The van der Waals surface area contributed by atoms with Crippen molar-refractivity contribution in [3.63, 3.8) is 0 Å². The minimum atomic E-state index is -1.03. The van der Waals surface area contributed by atoms with Crippen LogP contribution < -0.4 is 5.32 Å². The molecule has 1 unspecified atom stereocenters. The molecular weight excluding hydrogens is 242 g/mol. The van der Waals surface area contributed by atoms with Gasteiger partial charge in [-0.15, -0.1) is 0 Å². The molecule has 1 atom stereocenters. The second kappa shape index (κ2) is 5.51. The molecule has 6 heteroatoms. The van der Waals surface area contributed by atoms with E-state index in [0.717, 1.165) is 12.1 Å². The lowest BCUT2D eigenvalue weighted by atomic mass is 10.0. The van der Waals surface area contributed by atoms with E-state index in [1.54, 1.807) is 11.6 Å². The number of nitrogens with one attached hydrogen (secondary N) is 1. The topological polar surface area (TPSA) is 67.2 Å². The average molecular weight is 260 g/mol. The highest BCUT2D eigenvalue weighted by Gasteiger charge is 2.33. The van der Waals surface area contributed by atoms with E-state index in [1.807, 2.05) is 13.8 Å². The predicted molar refractivity (Wildman–Crippen MR) is 66.3 cm³/mol. The SMILES string of the molecule is CCCNC(C)(Cn1ncc(Cl)c1C)C(=O)O. The quantitative estimate of drug-likeness (QED) is 0.816. The molecule has 0 bridgehead atoms. The Labute approximate surface area is 106 Å². The van der Waals surface area contributed by atoms with Crippen LogP contribution in [0, 0.1) is 6.92 Å². The van der Waals surface area contributed by atoms with Crippen LogP contribution in [-0.2, 0) is 11.3 Å². The van der Waals surface area contributed by atoms with Gasteiger partial charge >= 0.3 is 5.97 Å². The number of halogens is 1.